The molecule has 2 aromatic heterocycles. The number of rotatable bonds is 6. The molecule has 150 valence electrons. The number of hydrogen-bond acceptors (Lipinski definition) is 7. The summed E-state index contributed by atoms with van der Waals surface area (Å²) >= 11 is 2.77. The maximum absolute atomic E-state index is 13.1. The van der Waals surface area contributed by atoms with Crippen LogP contribution in [0, 0.1) is 0 Å². The van der Waals surface area contributed by atoms with Crippen LogP contribution in [0.1, 0.15) is 23.3 Å². The molecule has 1 amide bonds. The number of amides is 1. The molecule has 10 heteroatoms. The zero-order valence-electron chi connectivity index (χ0n) is 15.3. The second kappa shape index (κ2) is 7.64. The van der Waals surface area contributed by atoms with Gasteiger partial charge in [0.05, 0.1) is 22.6 Å². The number of aromatic nitrogens is 2. The van der Waals surface area contributed by atoms with Gasteiger partial charge in [0.2, 0.25) is 5.91 Å². The summed E-state index contributed by atoms with van der Waals surface area (Å²) in [5.41, 5.74) is 1.06. The van der Waals surface area contributed by atoms with E-state index < -0.39 is 9.84 Å². The number of nitrogens with one attached hydrogen (secondary N) is 1. The molecule has 0 bridgehead atoms. The van der Waals surface area contributed by atoms with Gasteiger partial charge in [0, 0.05) is 17.5 Å². The summed E-state index contributed by atoms with van der Waals surface area (Å²) in [6.45, 7) is 4.06. The fourth-order valence-corrected chi connectivity index (χ4v) is 7.56. The lowest BCUT2D eigenvalue weighted by molar-refractivity contribution is -0.119. The molecule has 2 aliphatic rings. The van der Waals surface area contributed by atoms with Crippen LogP contribution in [-0.2, 0) is 34.0 Å². The maximum Gasteiger partial charge on any atom is 0.263 e. The van der Waals surface area contributed by atoms with E-state index in [0.717, 1.165) is 29.7 Å². The Morgan fingerprint density at radius 2 is 2.25 bits per heavy atom. The Kier molecular flexibility index (Phi) is 5.36. The minimum atomic E-state index is -3.04. The average molecular weight is 440 g/mol. The van der Waals surface area contributed by atoms with E-state index in [0.29, 0.717) is 23.5 Å². The molecule has 1 atom stereocenters. The van der Waals surface area contributed by atoms with Crippen molar-refractivity contribution >= 4 is 49.1 Å². The number of sulfone groups is 1. The summed E-state index contributed by atoms with van der Waals surface area (Å²) in [7, 11) is -3.04. The first-order chi connectivity index (χ1) is 13.4. The fraction of sp³-hybridized carbons (Fsp3) is 0.500. The van der Waals surface area contributed by atoms with E-state index in [1.54, 1.807) is 22.0 Å². The van der Waals surface area contributed by atoms with Crippen LogP contribution in [0.15, 0.2) is 22.6 Å². The molecule has 1 N–H and O–H groups in total. The minimum Gasteiger partial charge on any atom is -0.352 e. The molecular weight excluding hydrogens is 418 g/mol. The summed E-state index contributed by atoms with van der Waals surface area (Å²) in [6.07, 6.45) is 5.08. The molecule has 1 saturated heterocycles. The number of carbonyl (C=O) groups is 1. The molecule has 1 fully saturated rings. The monoisotopic (exact) mass is 439 g/mol. The van der Waals surface area contributed by atoms with E-state index in [9.17, 15) is 18.0 Å². The molecule has 7 nitrogen and oxygen atoms in total. The lowest BCUT2D eigenvalue weighted by Crippen LogP contribution is -2.36. The second-order valence-corrected chi connectivity index (χ2v) is 11.3. The van der Waals surface area contributed by atoms with Crippen LogP contribution in [0.3, 0.4) is 0 Å². The van der Waals surface area contributed by atoms with Crippen molar-refractivity contribution < 1.29 is 13.2 Å². The molecule has 3 heterocycles. The van der Waals surface area contributed by atoms with Gasteiger partial charge in [-0.1, -0.05) is 17.8 Å². The van der Waals surface area contributed by atoms with E-state index in [2.05, 4.69) is 16.9 Å². The number of hydrogen-bond donors (Lipinski definition) is 1. The average Bonchev–Trinajstić information content (AvgIpc) is 3.30. The Morgan fingerprint density at radius 1 is 1.43 bits per heavy atom. The summed E-state index contributed by atoms with van der Waals surface area (Å²) in [6, 6.07) is -0.329. The molecule has 0 radical (unpaired) electrons. The molecule has 4 rings (SSSR count). The van der Waals surface area contributed by atoms with Crippen molar-refractivity contribution in [1.29, 1.82) is 0 Å². The topological polar surface area (TPSA) is 98.1 Å². The predicted octanol–water partition coefficient (Wildman–Crippen LogP) is 1.53. The van der Waals surface area contributed by atoms with Crippen molar-refractivity contribution in [2.75, 3.05) is 17.3 Å². The van der Waals surface area contributed by atoms with Crippen molar-refractivity contribution in [2.45, 2.75) is 43.4 Å². The van der Waals surface area contributed by atoms with Gasteiger partial charge < -0.3 is 5.32 Å². The van der Waals surface area contributed by atoms with Gasteiger partial charge in [0.1, 0.15) is 4.83 Å². The molecule has 2 aromatic rings. The molecule has 1 aliphatic heterocycles. The number of carbonyl (C=O) groups excluding carboxylic acids is 1. The third-order valence-electron chi connectivity index (χ3n) is 5.03. The summed E-state index contributed by atoms with van der Waals surface area (Å²) < 4.78 is 24.6. The highest BCUT2D eigenvalue weighted by molar-refractivity contribution is 7.99. The number of nitrogens with zero attached hydrogens (tertiary/aromatic N) is 2. The van der Waals surface area contributed by atoms with Gasteiger partial charge in [0.15, 0.2) is 15.0 Å². The van der Waals surface area contributed by atoms with Crippen LogP contribution in [0.5, 0.6) is 0 Å². The fourth-order valence-electron chi connectivity index (χ4n) is 3.77. The van der Waals surface area contributed by atoms with Gasteiger partial charge in [0.25, 0.3) is 5.56 Å². The van der Waals surface area contributed by atoms with Crippen molar-refractivity contribution in [1.82, 2.24) is 14.9 Å². The van der Waals surface area contributed by atoms with Gasteiger partial charge in [-0.25, -0.2) is 13.4 Å². The van der Waals surface area contributed by atoms with Crippen LogP contribution in [0.25, 0.3) is 10.2 Å². The number of thioether (sulfide) groups is 1. The Hall–Kier alpha value is -1.65. The molecule has 0 aromatic carbocycles. The number of fused-ring (bicyclic) bond motifs is 3. The van der Waals surface area contributed by atoms with Crippen LogP contribution >= 0.6 is 23.1 Å². The first-order valence-corrected chi connectivity index (χ1v) is 12.8. The SMILES string of the molecule is C=CCn1c(SCC(=O)NC2CCS(=O)(=O)C2)nc2sc3c(c2c1=O)CCC3. The van der Waals surface area contributed by atoms with Crippen molar-refractivity contribution in [3.05, 3.63) is 33.4 Å². The van der Waals surface area contributed by atoms with E-state index in [-0.39, 0.29) is 34.8 Å². The molecule has 1 unspecified atom stereocenters. The number of aryl methyl sites for hydroxylation is 2. The van der Waals surface area contributed by atoms with Crippen LogP contribution in [0.2, 0.25) is 0 Å². The van der Waals surface area contributed by atoms with E-state index >= 15 is 0 Å². The Balaban J connectivity index is 1.54. The second-order valence-electron chi connectivity index (χ2n) is 7.09. The zero-order chi connectivity index (χ0) is 19.9. The standard InChI is InChI=1S/C18H21N3O4S3/c1-2-7-21-17(23)15-12-4-3-5-13(12)27-16(15)20-18(21)26-9-14(22)19-11-6-8-28(24,25)10-11/h2,11H,1,3-10H2,(H,19,22). The molecule has 0 spiro atoms. The highest BCUT2D eigenvalue weighted by atomic mass is 32.2. The van der Waals surface area contributed by atoms with Crippen molar-refractivity contribution in [3.63, 3.8) is 0 Å². The maximum atomic E-state index is 13.1. The van der Waals surface area contributed by atoms with Crippen LogP contribution < -0.4 is 10.9 Å². The van der Waals surface area contributed by atoms with Gasteiger partial charge in [-0.2, -0.15) is 0 Å². The predicted molar refractivity (Wildman–Crippen MR) is 112 cm³/mol. The minimum absolute atomic E-state index is 0.00443. The Labute approximate surface area is 171 Å². The Morgan fingerprint density at radius 3 is 2.96 bits per heavy atom. The third-order valence-corrected chi connectivity index (χ3v) is 8.96. The first-order valence-electron chi connectivity index (χ1n) is 9.16. The van der Waals surface area contributed by atoms with Crippen molar-refractivity contribution in [3.8, 4) is 0 Å². The molecule has 28 heavy (non-hydrogen) atoms. The van der Waals surface area contributed by atoms with Gasteiger partial charge in [-0.05, 0) is 31.2 Å². The molecule has 1 aliphatic carbocycles. The van der Waals surface area contributed by atoms with Crippen LogP contribution in [-0.4, -0.2) is 47.2 Å². The van der Waals surface area contributed by atoms with E-state index in [1.807, 2.05) is 0 Å². The number of thiophene rings is 1. The highest BCUT2D eigenvalue weighted by Crippen LogP contribution is 2.35. The third kappa shape index (κ3) is 3.77. The lowest BCUT2D eigenvalue weighted by Gasteiger charge is -2.12. The number of allylic oxidation sites excluding steroid dienone is 1. The summed E-state index contributed by atoms with van der Waals surface area (Å²) in [4.78, 5) is 32.0. The van der Waals surface area contributed by atoms with Gasteiger partial charge >= 0.3 is 0 Å². The van der Waals surface area contributed by atoms with Gasteiger partial charge in [-0.3, -0.25) is 14.2 Å². The summed E-state index contributed by atoms with van der Waals surface area (Å²) in [5.74, 6) is -0.0578. The molecular formula is C18H21N3O4S3. The lowest BCUT2D eigenvalue weighted by atomic mass is 10.2. The quantitative estimate of drug-likeness (QED) is 0.416. The highest BCUT2D eigenvalue weighted by Gasteiger charge is 2.29. The summed E-state index contributed by atoms with van der Waals surface area (Å²) in [5, 5.41) is 3.97. The smallest absolute Gasteiger partial charge is 0.263 e. The van der Waals surface area contributed by atoms with Crippen molar-refractivity contribution in [2.24, 2.45) is 0 Å². The first kappa shape index (κ1) is 19.7. The normalized spacial score (nSPS) is 20.4. The van der Waals surface area contributed by atoms with E-state index in [4.69, 9.17) is 0 Å². The van der Waals surface area contributed by atoms with E-state index in [1.165, 1.54) is 16.6 Å². The largest absolute Gasteiger partial charge is 0.352 e. The Bertz CT molecular complexity index is 1120. The zero-order valence-corrected chi connectivity index (χ0v) is 17.7. The molecule has 0 saturated carbocycles. The van der Waals surface area contributed by atoms with Crippen LogP contribution in [0.4, 0.5) is 0 Å². The van der Waals surface area contributed by atoms with Gasteiger partial charge in [-0.15, -0.1) is 17.9 Å².